The zero-order chi connectivity index (χ0) is 13.8. The molecule has 1 unspecified atom stereocenters. The van der Waals surface area contributed by atoms with Crippen LogP contribution in [0.3, 0.4) is 0 Å². The molecular formula is C11H14BrClO4S. The van der Waals surface area contributed by atoms with E-state index >= 15 is 0 Å². The molecule has 0 saturated carbocycles. The van der Waals surface area contributed by atoms with Crippen molar-refractivity contribution in [3.05, 3.63) is 22.7 Å². The third-order valence-electron chi connectivity index (χ3n) is 2.24. The molecule has 4 nitrogen and oxygen atoms in total. The van der Waals surface area contributed by atoms with E-state index in [1.54, 1.807) is 13.2 Å². The Morgan fingerprint density at radius 1 is 1.44 bits per heavy atom. The summed E-state index contributed by atoms with van der Waals surface area (Å²) in [4.78, 5) is 0.0351. The molecule has 0 amide bonds. The third-order valence-corrected chi connectivity index (χ3v) is 4.21. The summed E-state index contributed by atoms with van der Waals surface area (Å²) in [7, 11) is 3.16. The van der Waals surface area contributed by atoms with Crippen LogP contribution in [0.25, 0.3) is 0 Å². The van der Waals surface area contributed by atoms with Crippen LogP contribution in [-0.2, 0) is 13.8 Å². The fraction of sp³-hybridized carbons (Fsp3) is 0.455. The van der Waals surface area contributed by atoms with Gasteiger partial charge in [-0.2, -0.15) is 0 Å². The molecule has 102 valence electrons. The molecule has 0 saturated heterocycles. The molecule has 7 heteroatoms. The number of methoxy groups -OCH3 is 1. The lowest BCUT2D eigenvalue weighted by Gasteiger charge is -2.15. The van der Waals surface area contributed by atoms with Gasteiger partial charge in [-0.3, -0.25) is 0 Å². The van der Waals surface area contributed by atoms with E-state index in [0.717, 1.165) is 6.42 Å². The number of rotatable bonds is 6. The van der Waals surface area contributed by atoms with Crippen molar-refractivity contribution in [2.24, 2.45) is 0 Å². The molecule has 0 aromatic heterocycles. The van der Waals surface area contributed by atoms with E-state index in [2.05, 4.69) is 15.9 Å². The molecule has 1 atom stereocenters. The summed E-state index contributed by atoms with van der Waals surface area (Å²) < 4.78 is 33.4. The number of benzene rings is 1. The molecule has 1 aromatic rings. The molecule has 1 aromatic carbocycles. The molecule has 0 radical (unpaired) electrons. The van der Waals surface area contributed by atoms with E-state index in [4.69, 9.17) is 20.2 Å². The van der Waals surface area contributed by atoms with Crippen LogP contribution >= 0.6 is 26.6 Å². The van der Waals surface area contributed by atoms with Gasteiger partial charge in [0.1, 0.15) is 5.75 Å². The molecule has 1 rings (SSSR count). The zero-order valence-electron chi connectivity index (χ0n) is 10.0. The minimum Gasteiger partial charge on any atom is -0.489 e. The summed E-state index contributed by atoms with van der Waals surface area (Å²) in [6.07, 6.45) is 0.720. The minimum atomic E-state index is -3.72. The lowest BCUT2D eigenvalue weighted by Crippen LogP contribution is -2.14. The molecule has 18 heavy (non-hydrogen) atoms. The highest BCUT2D eigenvalue weighted by Gasteiger charge is 2.14. The average molecular weight is 358 g/mol. The highest BCUT2D eigenvalue weighted by molar-refractivity contribution is 9.10. The smallest absolute Gasteiger partial charge is 0.261 e. The first kappa shape index (κ1) is 15.8. The van der Waals surface area contributed by atoms with Gasteiger partial charge in [0.15, 0.2) is 0 Å². The Balaban J connectivity index is 2.80. The van der Waals surface area contributed by atoms with Gasteiger partial charge in [-0.05, 0) is 41.1 Å². The second kappa shape index (κ2) is 6.75. The lowest BCUT2D eigenvalue weighted by atomic mass is 10.3. The van der Waals surface area contributed by atoms with E-state index in [0.29, 0.717) is 16.8 Å². The molecule has 0 heterocycles. The lowest BCUT2D eigenvalue weighted by molar-refractivity contribution is 0.134. The summed E-state index contributed by atoms with van der Waals surface area (Å²) in [6.45, 7) is 2.52. The van der Waals surface area contributed by atoms with Crippen molar-refractivity contribution in [2.45, 2.75) is 24.3 Å². The van der Waals surface area contributed by atoms with Gasteiger partial charge >= 0.3 is 0 Å². The minimum absolute atomic E-state index is 0.0280. The van der Waals surface area contributed by atoms with Gasteiger partial charge in [0.25, 0.3) is 9.05 Å². The largest absolute Gasteiger partial charge is 0.489 e. The first-order valence-corrected chi connectivity index (χ1v) is 8.34. The number of hydrogen-bond acceptors (Lipinski definition) is 4. The quantitative estimate of drug-likeness (QED) is 0.734. The molecule has 0 aliphatic carbocycles. The first-order valence-electron chi connectivity index (χ1n) is 5.24. The van der Waals surface area contributed by atoms with Crippen molar-refractivity contribution in [3.63, 3.8) is 0 Å². The van der Waals surface area contributed by atoms with Crippen molar-refractivity contribution in [1.82, 2.24) is 0 Å². The van der Waals surface area contributed by atoms with Crippen molar-refractivity contribution >= 4 is 35.7 Å². The third kappa shape index (κ3) is 4.76. The van der Waals surface area contributed by atoms with Crippen LogP contribution in [0.4, 0.5) is 0 Å². The summed E-state index contributed by atoms with van der Waals surface area (Å²) in [5.41, 5.74) is 0. The van der Waals surface area contributed by atoms with Gasteiger partial charge in [0.05, 0.1) is 15.5 Å². The van der Waals surface area contributed by atoms with Gasteiger partial charge in [-0.1, -0.05) is 0 Å². The number of hydrogen-bond donors (Lipinski definition) is 0. The number of halogens is 2. The van der Waals surface area contributed by atoms with Gasteiger partial charge < -0.3 is 9.47 Å². The van der Waals surface area contributed by atoms with E-state index < -0.39 is 9.05 Å². The predicted molar refractivity (Wildman–Crippen MR) is 73.8 cm³/mol. The average Bonchev–Trinajstić information content (AvgIpc) is 2.27. The van der Waals surface area contributed by atoms with Gasteiger partial charge in [0.2, 0.25) is 0 Å². The normalized spacial score (nSPS) is 13.3. The molecule has 0 bridgehead atoms. The maximum Gasteiger partial charge on any atom is 0.261 e. The van der Waals surface area contributed by atoms with Gasteiger partial charge in [-0.25, -0.2) is 8.42 Å². The van der Waals surface area contributed by atoms with E-state index in [-0.39, 0.29) is 11.0 Å². The van der Waals surface area contributed by atoms with Crippen LogP contribution in [-0.4, -0.2) is 28.2 Å². The van der Waals surface area contributed by atoms with Crippen molar-refractivity contribution < 1.29 is 17.9 Å². The second-order valence-corrected chi connectivity index (χ2v) is 7.16. The standard InChI is InChI=1S/C11H14BrClO4S/c1-8(5-6-16-2)17-11-4-3-9(7-10(11)12)18(13,14)15/h3-4,7-8H,5-6H2,1-2H3. The Morgan fingerprint density at radius 2 is 2.11 bits per heavy atom. The summed E-state index contributed by atoms with van der Waals surface area (Å²) in [5.74, 6) is 0.572. The maximum atomic E-state index is 11.1. The molecule has 0 fully saturated rings. The van der Waals surface area contributed by atoms with Crippen LogP contribution in [0.15, 0.2) is 27.6 Å². The summed E-state index contributed by atoms with van der Waals surface area (Å²) in [5, 5.41) is 0. The van der Waals surface area contributed by atoms with Crippen molar-refractivity contribution in [1.29, 1.82) is 0 Å². The van der Waals surface area contributed by atoms with Crippen molar-refractivity contribution in [2.75, 3.05) is 13.7 Å². The van der Waals surface area contributed by atoms with Crippen LogP contribution in [0.1, 0.15) is 13.3 Å². The molecule has 0 N–H and O–H groups in total. The van der Waals surface area contributed by atoms with Crippen LogP contribution in [0.2, 0.25) is 0 Å². The zero-order valence-corrected chi connectivity index (χ0v) is 13.2. The van der Waals surface area contributed by atoms with Crippen molar-refractivity contribution in [3.8, 4) is 5.75 Å². The number of ether oxygens (including phenoxy) is 2. The summed E-state index contributed by atoms with van der Waals surface area (Å²) in [6, 6.07) is 4.40. The topological polar surface area (TPSA) is 52.6 Å². The van der Waals surface area contributed by atoms with Crippen LogP contribution in [0, 0.1) is 0 Å². The highest BCUT2D eigenvalue weighted by atomic mass is 79.9. The van der Waals surface area contributed by atoms with Gasteiger partial charge in [0, 0.05) is 30.8 Å². The van der Waals surface area contributed by atoms with Gasteiger partial charge in [-0.15, -0.1) is 0 Å². The van der Waals surface area contributed by atoms with Crippen LogP contribution < -0.4 is 4.74 Å². The first-order chi connectivity index (χ1) is 8.34. The SMILES string of the molecule is COCCC(C)Oc1ccc(S(=O)(=O)Cl)cc1Br. The Labute approximate surface area is 120 Å². The Kier molecular flexibility index (Phi) is 5.91. The molecule has 0 aliphatic heterocycles. The molecule has 0 aliphatic rings. The Morgan fingerprint density at radius 3 is 2.61 bits per heavy atom. The highest BCUT2D eigenvalue weighted by Crippen LogP contribution is 2.30. The summed E-state index contributed by atoms with van der Waals surface area (Å²) >= 11 is 3.26. The second-order valence-electron chi connectivity index (χ2n) is 3.74. The maximum absolute atomic E-state index is 11.1. The van der Waals surface area contributed by atoms with E-state index in [1.807, 2.05) is 6.92 Å². The predicted octanol–water partition coefficient (Wildman–Crippen LogP) is 3.18. The Hall–Kier alpha value is -0.300. The monoisotopic (exact) mass is 356 g/mol. The Bertz CT molecular complexity index is 504. The molecule has 0 spiro atoms. The van der Waals surface area contributed by atoms with E-state index in [9.17, 15) is 8.42 Å². The fourth-order valence-electron chi connectivity index (χ4n) is 1.29. The fourth-order valence-corrected chi connectivity index (χ4v) is 2.69. The van der Waals surface area contributed by atoms with E-state index in [1.165, 1.54) is 12.1 Å². The molecular weight excluding hydrogens is 344 g/mol. The van der Waals surface area contributed by atoms with Crippen LogP contribution in [0.5, 0.6) is 5.75 Å².